The Morgan fingerprint density at radius 1 is 1.30 bits per heavy atom. The van der Waals surface area contributed by atoms with Crippen LogP contribution >= 0.6 is 7.82 Å². The Morgan fingerprint density at radius 2 is 1.30 bits per heavy atom. The number of rotatable bonds is 0. The van der Waals surface area contributed by atoms with Gasteiger partial charge in [0.25, 0.3) is 0 Å². The Hall–Kier alpha value is 0.840. The number of phosphoric acid groups is 1. The second-order valence-electron chi connectivity index (χ2n) is 0.939. The molecule has 0 unspecified atom stereocenters. The van der Waals surface area contributed by atoms with E-state index in [-0.39, 0.29) is 37.7 Å². The Labute approximate surface area is 87.1 Å². The molecule has 0 aliphatic carbocycles. The molecular weight excluding hydrogens is 191 g/mol. The molecule has 0 bridgehead atoms. The first-order chi connectivity index (χ1) is 3.73. The Balaban J connectivity index is -0.0000000910. The van der Waals surface area contributed by atoms with Crippen LogP contribution in [0.5, 0.6) is 0 Å². The van der Waals surface area contributed by atoms with Gasteiger partial charge in [0.2, 0.25) is 0 Å². The summed E-state index contributed by atoms with van der Waals surface area (Å²) < 4.78 is 8.55. The van der Waals surface area contributed by atoms with Gasteiger partial charge in [-0.2, -0.15) is 7.82 Å². The van der Waals surface area contributed by atoms with Crippen LogP contribution in [0.15, 0.2) is 0 Å². The van der Waals surface area contributed by atoms with Crippen molar-refractivity contribution in [3.05, 3.63) is 0 Å². The fourth-order valence-corrected chi connectivity index (χ4v) is 0. The minimum Gasteiger partial charge on any atom is -0.822 e. The molecule has 10 heavy (non-hydrogen) atoms. The minimum absolute atomic E-state index is 0. The van der Waals surface area contributed by atoms with Crippen molar-refractivity contribution in [1.82, 2.24) is 0 Å². The molecule has 0 atom stereocenters. The summed E-state index contributed by atoms with van der Waals surface area (Å²) in [5.74, 6) is -1.08. The van der Waals surface area contributed by atoms with Gasteiger partial charge < -0.3 is 29.1 Å². The summed E-state index contributed by atoms with van der Waals surface area (Å²) >= 11 is 0. The number of hydrogen-bond donors (Lipinski definition) is 0. The molecule has 56 valence electrons. The van der Waals surface area contributed by atoms with Gasteiger partial charge >= 0.3 is 37.7 Å². The average Bonchev–Trinajstić information content (AvgIpc) is 1.19. The molecule has 6 nitrogen and oxygen atoms in total. The molecule has 0 radical (unpaired) electrons. The molecule has 0 aromatic rings. The quantitative estimate of drug-likeness (QED) is 0.282. The smallest absolute Gasteiger partial charge is 0.822 e. The molecule has 0 heterocycles. The van der Waals surface area contributed by atoms with Crippen LogP contribution in [0.25, 0.3) is 0 Å². The first kappa shape index (κ1) is 17.1. The van der Waals surface area contributed by atoms with Crippen LogP contribution in [-0.2, 0) is 9.36 Å². The fourth-order valence-electron chi connectivity index (χ4n) is 0. The van der Waals surface area contributed by atoms with E-state index in [1.165, 1.54) is 0 Å². The number of carboxylic acid groups (broad SMARTS) is 1. The Kier molecular flexibility index (Phi) is 13.6. The van der Waals surface area contributed by atoms with Gasteiger partial charge in [0.1, 0.15) is 0 Å². The summed E-state index contributed by atoms with van der Waals surface area (Å²) in [4.78, 5) is 34.5. The van der Waals surface area contributed by atoms with Gasteiger partial charge in [-0.3, -0.25) is 0 Å². The van der Waals surface area contributed by atoms with E-state index in [1.54, 1.807) is 0 Å². The average molecular weight is 194 g/mol. The SMILES string of the molecule is CC(=O)[O-].O=P([O-])([O-])[O-].[Ca+2]. The van der Waals surface area contributed by atoms with Crippen molar-refractivity contribution in [3.63, 3.8) is 0 Å². The molecular formula is C2H3CaO6P-2. The first-order valence-corrected chi connectivity index (χ1v) is 3.10. The third-order valence-electron chi connectivity index (χ3n) is 0. The number of carbonyl (C=O) groups is 1. The van der Waals surface area contributed by atoms with E-state index in [0.717, 1.165) is 6.92 Å². The predicted molar refractivity (Wildman–Crippen MR) is 24.0 cm³/mol. The number of aliphatic carboxylic acids is 1. The van der Waals surface area contributed by atoms with Gasteiger partial charge in [-0.1, -0.05) is 0 Å². The van der Waals surface area contributed by atoms with E-state index >= 15 is 0 Å². The van der Waals surface area contributed by atoms with Gasteiger partial charge in [-0.05, 0) is 6.92 Å². The van der Waals surface area contributed by atoms with E-state index in [9.17, 15) is 0 Å². The normalized spacial score (nSPS) is 8.40. The van der Waals surface area contributed by atoms with Crippen LogP contribution in [0, 0.1) is 0 Å². The molecule has 0 aromatic heterocycles. The minimum atomic E-state index is -5.39. The predicted octanol–water partition coefficient (Wildman–Crippen LogP) is -4.45. The molecule has 0 fully saturated rings. The van der Waals surface area contributed by atoms with Crippen molar-refractivity contribution in [1.29, 1.82) is 0 Å². The molecule has 0 aliphatic rings. The Bertz CT molecular complexity index is 115. The van der Waals surface area contributed by atoms with Gasteiger partial charge in [0, 0.05) is 5.97 Å². The van der Waals surface area contributed by atoms with Gasteiger partial charge in [-0.25, -0.2) is 0 Å². The third-order valence-corrected chi connectivity index (χ3v) is 0. The van der Waals surface area contributed by atoms with Gasteiger partial charge in [-0.15, -0.1) is 0 Å². The van der Waals surface area contributed by atoms with Crippen molar-refractivity contribution in [2.45, 2.75) is 6.92 Å². The van der Waals surface area contributed by atoms with Crippen molar-refractivity contribution in [3.8, 4) is 0 Å². The second-order valence-corrected chi connectivity index (χ2v) is 1.83. The van der Waals surface area contributed by atoms with E-state index in [1.807, 2.05) is 0 Å². The van der Waals surface area contributed by atoms with Crippen molar-refractivity contribution in [2.24, 2.45) is 0 Å². The maximum absolute atomic E-state index is 8.89. The van der Waals surface area contributed by atoms with E-state index in [4.69, 9.17) is 29.1 Å². The molecule has 0 aliphatic heterocycles. The second kappa shape index (κ2) is 7.94. The zero-order valence-electron chi connectivity index (χ0n) is 5.10. The summed E-state index contributed by atoms with van der Waals surface area (Å²) in [6, 6.07) is 0. The van der Waals surface area contributed by atoms with E-state index < -0.39 is 13.8 Å². The molecule has 8 heteroatoms. The van der Waals surface area contributed by atoms with Crippen molar-refractivity contribution >= 4 is 51.5 Å². The molecule has 0 saturated heterocycles. The summed E-state index contributed by atoms with van der Waals surface area (Å²) in [5, 5.41) is 8.89. The van der Waals surface area contributed by atoms with Crippen LogP contribution in [0.1, 0.15) is 6.92 Å². The topological polar surface area (TPSA) is 126 Å². The summed E-state index contributed by atoms with van der Waals surface area (Å²) in [5.41, 5.74) is 0. The summed E-state index contributed by atoms with van der Waals surface area (Å²) in [6.07, 6.45) is 0. The zero-order chi connectivity index (χ0) is 8.08. The maximum Gasteiger partial charge on any atom is 2.00 e. The number of carbonyl (C=O) groups excluding carboxylic acids is 1. The first-order valence-electron chi connectivity index (χ1n) is 1.64. The van der Waals surface area contributed by atoms with E-state index in [0.29, 0.717) is 0 Å². The van der Waals surface area contributed by atoms with Gasteiger partial charge in [0.05, 0.1) is 0 Å². The molecule has 0 amide bonds. The fraction of sp³-hybridized carbons (Fsp3) is 0.500. The molecule has 0 saturated carbocycles. The van der Waals surface area contributed by atoms with Crippen molar-refractivity contribution in [2.75, 3.05) is 0 Å². The molecule has 0 aromatic carbocycles. The third kappa shape index (κ3) is 770. The molecule has 0 spiro atoms. The van der Waals surface area contributed by atoms with Crippen molar-refractivity contribution < 1.29 is 29.1 Å². The van der Waals surface area contributed by atoms with Crippen LogP contribution in [0.4, 0.5) is 0 Å². The summed E-state index contributed by atoms with van der Waals surface area (Å²) in [6.45, 7) is 0.972. The monoisotopic (exact) mass is 194 g/mol. The summed E-state index contributed by atoms with van der Waals surface area (Å²) in [7, 11) is -5.39. The van der Waals surface area contributed by atoms with Crippen LogP contribution < -0.4 is 19.8 Å². The largest absolute Gasteiger partial charge is 2.00 e. The number of hydrogen-bond acceptors (Lipinski definition) is 6. The maximum atomic E-state index is 8.89. The standard InChI is InChI=1S/C2H4O2.Ca.H3O4P/c1-2(3)4;;1-5(2,3)4/h1H3,(H,3,4);;(H3,1,2,3,4)/q;+2;/p-4. The van der Waals surface area contributed by atoms with Crippen LogP contribution in [0.2, 0.25) is 0 Å². The van der Waals surface area contributed by atoms with Crippen LogP contribution in [0.3, 0.4) is 0 Å². The number of carboxylic acids is 1. The van der Waals surface area contributed by atoms with Gasteiger partial charge in [0.15, 0.2) is 0 Å². The molecule has 0 rings (SSSR count). The zero-order valence-corrected chi connectivity index (χ0v) is 8.21. The molecule has 0 N–H and O–H groups in total. The Morgan fingerprint density at radius 3 is 1.30 bits per heavy atom. The van der Waals surface area contributed by atoms with E-state index in [2.05, 4.69) is 0 Å². The van der Waals surface area contributed by atoms with Crippen LogP contribution in [-0.4, -0.2) is 43.7 Å².